The Morgan fingerprint density at radius 1 is 1.00 bits per heavy atom. The summed E-state index contributed by atoms with van der Waals surface area (Å²) in [6.45, 7) is 1.05. The number of ether oxygens (including phenoxy) is 2. The van der Waals surface area contributed by atoms with Gasteiger partial charge in [-0.15, -0.1) is 0 Å². The SMILES string of the molecule is O=C(Nc1ccccc1OCCn1ccnc1)c1ccc(Oc2ccccc2[N+](=O)[O-])cc1. The molecule has 1 aromatic heterocycles. The van der Waals surface area contributed by atoms with Crippen molar-refractivity contribution in [1.29, 1.82) is 0 Å². The van der Waals surface area contributed by atoms with Gasteiger partial charge in [-0.3, -0.25) is 14.9 Å². The highest BCUT2D eigenvalue weighted by atomic mass is 16.6. The zero-order valence-electron chi connectivity index (χ0n) is 17.5. The summed E-state index contributed by atoms with van der Waals surface area (Å²) in [6, 6.07) is 19.6. The van der Waals surface area contributed by atoms with Crippen molar-refractivity contribution in [3.05, 3.63) is 107 Å². The van der Waals surface area contributed by atoms with Gasteiger partial charge in [-0.25, -0.2) is 4.98 Å². The molecule has 0 bridgehead atoms. The van der Waals surface area contributed by atoms with E-state index in [1.54, 1.807) is 61.1 Å². The highest BCUT2D eigenvalue weighted by molar-refractivity contribution is 6.05. The second kappa shape index (κ2) is 10.1. The fraction of sp³-hybridized carbons (Fsp3) is 0.0833. The number of nitro groups is 1. The Bertz CT molecular complexity index is 1240. The number of rotatable bonds is 9. The van der Waals surface area contributed by atoms with Crippen LogP contribution < -0.4 is 14.8 Å². The molecule has 0 aliphatic rings. The standard InChI is InChI=1S/C24H20N4O5/c29-24(26-20-5-1-3-7-22(20)32-16-15-27-14-13-25-17-27)18-9-11-19(12-10-18)33-23-8-4-2-6-21(23)28(30)31/h1-14,17H,15-16H2,(H,26,29). The molecule has 33 heavy (non-hydrogen) atoms. The fourth-order valence-corrected chi connectivity index (χ4v) is 3.07. The molecular formula is C24H20N4O5. The van der Waals surface area contributed by atoms with E-state index in [2.05, 4.69) is 10.3 Å². The summed E-state index contributed by atoms with van der Waals surface area (Å²) in [6.07, 6.45) is 5.26. The van der Waals surface area contributed by atoms with Gasteiger partial charge < -0.3 is 19.4 Å². The summed E-state index contributed by atoms with van der Waals surface area (Å²) in [7, 11) is 0. The first-order chi connectivity index (χ1) is 16.1. The number of aromatic nitrogens is 2. The van der Waals surface area contributed by atoms with Gasteiger partial charge in [0.2, 0.25) is 5.75 Å². The number of nitro benzene ring substituents is 1. The van der Waals surface area contributed by atoms with E-state index in [-0.39, 0.29) is 17.3 Å². The molecular weight excluding hydrogens is 424 g/mol. The maximum Gasteiger partial charge on any atom is 0.311 e. The summed E-state index contributed by atoms with van der Waals surface area (Å²) in [5, 5.41) is 14.0. The zero-order chi connectivity index (χ0) is 23.0. The third-order valence-corrected chi connectivity index (χ3v) is 4.71. The summed E-state index contributed by atoms with van der Waals surface area (Å²) in [5.41, 5.74) is 0.815. The maximum atomic E-state index is 12.7. The molecule has 0 fully saturated rings. The highest BCUT2D eigenvalue weighted by Crippen LogP contribution is 2.31. The van der Waals surface area contributed by atoms with Gasteiger partial charge in [0.25, 0.3) is 5.91 Å². The van der Waals surface area contributed by atoms with Gasteiger partial charge in [0, 0.05) is 24.0 Å². The Labute approximate surface area is 189 Å². The van der Waals surface area contributed by atoms with E-state index in [1.807, 2.05) is 22.9 Å². The number of anilines is 1. The fourth-order valence-electron chi connectivity index (χ4n) is 3.07. The normalized spacial score (nSPS) is 10.4. The maximum absolute atomic E-state index is 12.7. The Kier molecular flexibility index (Phi) is 6.60. The van der Waals surface area contributed by atoms with Gasteiger partial charge in [-0.1, -0.05) is 24.3 Å². The zero-order valence-corrected chi connectivity index (χ0v) is 17.5. The van der Waals surface area contributed by atoms with E-state index in [0.717, 1.165) is 0 Å². The molecule has 1 N–H and O–H groups in total. The van der Waals surface area contributed by atoms with Crippen molar-refractivity contribution in [3.8, 4) is 17.2 Å². The van der Waals surface area contributed by atoms with Crippen molar-refractivity contribution in [2.45, 2.75) is 6.54 Å². The molecule has 0 saturated carbocycles. The summed E-state index contributed by atoms with van der Waals surface area (Å²) >= 11 is 0. The third-order valence-electron chi connectivity index (χ3n) is 4.71. The predicted molar refractivity (Wildman–Crippen MR) is 122 cm³/mol. The molecule has 3 aromatic carbocycles. The van der Waals surface area contributed by atoms with Gasteiger partial charge >= 0.3 is 5.69 Å². The van der Waals surface area contributed by atoms with Crippen LogP contribution in [0.5, 0.6) is 17.2 Å². The largest absolute Gasteiger partial charge is 0.490 e. The lowest BCUT2D eigenvalue weighted by Gasteiger charge is -2.13. The molecule has 9 heteroatoms. The van der Waals surface area contributed by atoms with E-state index in [1.165, 1.54) is 12.1 Å². The van der Waals surface area contributed by atoms with Crippen LogP contribution in [0, 0.1) is 10.1 Å². The van der Waals surface area contributed by atoms with E-state index in [0.29, 0.717) is 35.9 Å². The van der Waals surface area contributed by atoms with Crippen LogP contribution >= 0.6 is 0 Å². The Balaban J connectivity index is 1.40. The molecule has 0 radical (unpaired) electrons. The number of carbonyl (C=O) groups is 1. The monoisotopic (exact) mass is 444 g/mol. The lowest BCUT2D eigenvalue weighted by atomic mass is 10.2. The van der Waals surface area contributed by atoms with Crippen molar-refractivity contribution < 1.29 is 19.2 Å². The smallest absolute Gasteiger partial charge is 0.311 e. The molecule has 0 aliphatic heterocycles. The van der Waals surface area contributed by atoms with E-state index >= 15 is 0 Å². The Morgan fingerprint density at radius 2 is 1.73 bits per heavy atom. The summed E-state index contributed by atoms with van der Waals surface area (Å²) in [5.74, 6) is 0.741. The second-order valence-corrected chi connectivity index (χ2v) is 6.95. The number of hydrogen-bond donors (Lipinski definition) is 1. The average Bonchev–Trinajstić information content (AvgIpc) is 3.34. The van der Waals surface area contributed by atoms with Crippen molar-refractivity contribution in [3.63, 3.8) is 0 Å². The highest BCUT2D eigenvalue weighted by Gasteiger charge is 2.15. The van der Waals surface area contributed by atoms with Crippen molar-refractivity contribution in [2.75, 3.05) is 11.9 Å². The van der Waals surface area contributed by atoms with Gasteiger partial charge in [0.1, 0.15) is 18.1 Å². The Hall–Kier alpha value is -4.66. The van der Waals surface area contributed by atoms with Crippen molar-refractivity contribution >= 4 is 17.3 Å². The molecule has 0 aliphatic carbocycles. The Morgan fingerprint density at radius 3 is 2.45 bits per heavy atom. The van der Waals surface area contributed by atoms with Crippen LogP contribution in [0.25, 0.3) is 0 Å². The van der Waals surface area contributed by atoms with Gasteiger partial charge in [0.15, 0.2) is 0 Å². The molecule has 1 heterocycles. The number of nitrogens with zero attached hydrogens (tertiary/aromatic N) is 3. The quantitative estimate of drug-likeness (QED) is 0.290. The number of imidazole rings is 1. The molecule has 0 unspecified atom stereocenters. The molecule has 9 nitrogen and oxygen atoms in total. The topological polar surface area (TPSA) is 109 Å². The van der Waals surface area contributed by atoms with Gasteiger partial charge in [0.05, 0.1) is 23.5 Å². The van der Waals surface area contributed by atoms with Gasteiger partial charge in [-0.2, -0.15) is 0 Å². The number of carbonyl (C=O) groups excluding carboxylic acids is 1. The number of benzene rings is 3. The molecule has 166 valence electrons. The molecule has 1 amide bonds. The first kappa shape index (κ1) is 21.6. The average molecular weight is 444 g/mol. The predicted octanol–water partition coefficient (Wildman–Crippen LogP) is 4.91. The second-order valence-electron chi connectivity index (χ2n) is 6.95. The van der Waals surface area contributed by atoms with E-state index in [4.69, 9.17) is 9.47 Å². The van der Waals surface area contributed by atoms with Crippen LogP contribution in [0.15, 0.2) is 91.5 Å². The van der Waals surface area contributed by atoms with Crippen LogP contribution in [-0.2, 0) is 6.54 Å². The van der Waals surface area contributed by atoms with E-state index in [9.17, 15) is 14.9 Å². The van der Waals surface area contributed by atoms with Crippen LogP contribution in [0.4, 0.5) is 11.4 Å². The summed E-state index contributed by atoms with van der Waals surface area (Å²) in [4.78, 5) is 27.4. The molecule has 4 rings (SSSR count). The minimum Gasteiger partial charge on any atom is -0.490 e. The minimum atomic E-state index is -0.508. The van der Waals surface area contributed by atoms with Crippen LogP contribution in [0.1, 0.15) is 10.4 Å². The van der Waals surface area contributed by atoms with Crippen LogP contribution in [0.2, 0.25) is 0 Å². The van der Waals surface area contributed by atoms with Crippen molar-refractivity contribution in [1.82, 2.24) is 9.55 Å². The minimum absolute atomic E-state index is 0.126. The number of amides is 1. The third kappa shape index (κ3) is 5.53. The van der Waals surface area contributed by atoms with E-state index < -0.39 is 4.92 Å². The molecule has 4 aromatic rings. The van der Waals surface area contributed by atoms with Gasteiger partial charge in [-0.05, 0) is 42.5 Å². The molecule has 0 spiro atoms. The lowest BCUT2D eigenvalue weighted by Crippen LogP contribution is -2.14. The number of para-hydroxylation sites is 4. The van der Waals surface area contributed by atoms with Crippen molar-refractivity contribution in [2.24, 2.45) is 0 Å². The molecule has 0 atom stereocenters. The molecule has 0 saturated heterocycles. The van der Waals surface area contributed by atoms with Crippen LogP contribution in [-0.4, -0.2) is 27.0 Å². The van der Waals surface area contributed by atoms with Crippen LogP contribution in [0.3, 0.4) is 0 Å². The first-order valence-electron chi connectivity index (χ1n) is 10.1. The summed E-state index contributed by atoms with van der Waals surface area (Å²) < 4.78 is 13.3. The number of nitrogens with one attached hydrogen (secondary N) is 1. The number of hydrogen-bond acceptors (Lipinski definition) is 6. The lowest BCUT2D eigenvalue weighted by molar-refractivity contribution is -0.385. The first-order valence-corrected chi connectivity index (χ1v) is 10.1.